The Kier molecular flexibility index (Phi) is 3.06. The summed E-state index contributed by atoms with van der Waals surface area (Å²) >= 11 is 0. The summed E-state index contributed by atoms with van der Waals surface area (Å²) in [5.41, 5.74) is 1.68. The Morgan fingerprint density at radius 2 is 2.27 bits per heavy atom. The quantitative estimate of drug-likeness (QED) is 0.815. The summed E-state index contributed by atoms with van der Waals surface area (Å²) < 4.78 is 0. The highest BCUT2D eigenvalue weighted by Gasteiger charge is 2.31. The monoisotopic (exact) mass is 204 g/mol. The van der Waals surface area contributed by atoms with Gasteiger partial charge in [-0.3, -0.25) is 4.98 Å². The maximum absolute atomic E-state index is 4.36. The van der Waals surface area contributed by atoms with E-state index < -0.39 is 0 Å². The van der Waals surface area contributed by atoms with Crippen LogP contribution in [0.15, 0.2) is 24.4 Å². The standard InChI is InChI=1S/C13H20N2/c1-11(12-6-3-4-9-14-12)15-10-13(2)7-5-8-13/h3-4,6,9,11,15H,5,7-8,10H2,1-2H3. The van der Waals surface area contributed by atoms with Crippen molar-refractivity contribution in [2.45, 2.75) is 39.2 Å². The number of hydrogen-bond donors (Lipinski definition) is 1. The molecule has 0 aliphatic heterocycles. The Hall–Kier alpha value is -0.890. The van der Waals surface area contributed by atoms with Gasteiger partial charge in [-0.1, -0.05) is 19.4 Å². The van der Waals surface area contributed by atoms with Crippen molar-refractivity contribution in [3.63, 3.8) is 0 Å². The fraction of sp³-hybridized carbons (Fsp3) is 0.615. The predicted octanol–water partition coefficient (Wildman–Crippen LogP) is 2.92. The van der Waals surface area contributed by atoms with Gasteiger partial charge in [0.05, 0.1) is 5.69 Å². The lowest BCUT2D eigenvalue weighted by molar-refractivity contribution is 0.151. The number of aromatic nitrogens is 1. The topological polar surface area (TPSA) is 24.9 Å². The molecule has 2 rings (SSSR count). The number of nitrogens with zero attached hydrogens (tertiary/aromatic N) is 1. The van der Waals surface area contributed by atoms with Crippen LogP contribution >= 0.6 is 0 Å². The third kappa shape index (κ3) is 2.57. The van der Waals surface area contributed by atoms with Crippen LogP contribution < -0.4 is 5.32 Å². The van der Waals surface area contributed by atoms with E-state index in [0.717, 1.165) is 12.2 Å². The fourth-order valence-electron chi connectivity index (χ4n) is 2.09. The van der Waals surface area contributed by atoms with Gasteiger partial charge in [0.25, 0.3) is 0 Å². The third-order valence-corrected chi connectivity index (χ3v) is 3.53. The molecule has 2 heteroatoms. The predicted molar refractivity (Wildman–Crippen MR) is 62.6 cm³/mol. The molecule has 1 aliphatic carbocycles. The van der Waals surface area contributed by atoms with E-state index in [4.69, 9.17) is 0 Å². The molecule has 1 aliphatic rings. The molecule has 0 amide bonds. The van der Waals surface area contributed by atoms with Crippen LogP contribution in [0.1, 0.15) is 44.8 Å². The highest BCUT2D eigenvalue weighted by atomic mass is 14.9. The van der Waals surface area contributed by atoms with Crippen LogP contribution in [0, 0.1) is 5.41 Å². The summed E-state index contributed by atoms with van der Waals surface area (Å²) in [7, 11) is 0. The van der Waals surface area contributed by atoms with E-state index in [0.29, 0.717) is 11.5 Å². The van der Waals surface area contributed by atoms with Gasteiger partial charge in [-0.25, -0.2) is 0 Å². The fourth-order valence-corrected chi connectivity index (χ4v) is 2.09. The molecular weight excluding hydrogens is 184 g/mol. The van der Waals surface area contributed by atoms with Crippen LogP contribution in [0.4, 0.5) is 0 Å². The van der Waals surface area contributed by atoms with Gasteiger partial charge in [0.15, 0.2) is 0 Å². The summed E-state index contributed by atoms with van der Waals surface area (Å²) in [5, 5.41) is 3.58. The van der Waals surface area contributed by atoms with Crippen molar-refractivity contribution in [3.8, 4) is 0 Å². The SMILES string of the molecule is CC(NCC1(C)CCC1)c1ccccn1. The van der Waals surface area contributed by atoms with E-state index in [-0.39, 0.29) is 0 Å². The maximum atomic E-state index is 4.36. The maximum Gasteiger partial charge on any atom is 0.0570 e. The van der Waals surface area contributed by atoms with Gasteiger partial charge < -0.3 is 5.32 Å². The number of nitrogens with one attached hydrogen (secondary N) is 1. The smallest absolute Gasteiger partial charge is 0.0570 e. The lowest BCUT2D eigenvalue weighted by atomic mass is 9.70. The number of rotatable bonds is 4. The molecule has 1 aromatic heterocycles. The van der Waals surface area contributed by atoms with Crippen molar-refractivity contribution < 1.29 is 0 Å². The van der Waals surface area contributed by atoms with E-state index in [2.05, 4.69) is 30.2 Å². The van der Waals surface area contributed by atoms with Crippen molar-refractivity contribution in [2.75, 3.05) is 6.54 Å². The minimum Gasteiger partial charge on any atom is -0.308 e. The minimum absolute atomic E-state index is 0.364. The average molecular weight is 204 g/mol. The molecule has 1 aromatic rings. The first-order chi connectivity index (χ1) is 7.20. The van der Waals surface area contributed by atoms with Crippen LogP contribution in [-0.4, -0.2) is 11.5 Å². The van der Waals surface area contributed by atoms with Gasteiger partial charge in [0, 0.05) is 18.8 Å². The minimum atomic E-state index is 0.364. The van der Waals surface area contributed by atoms with Gasteiger partial charge in [-0.05, 0) is 37.3 Å². The molecule has 1 atom stereocenters. The second-order valence-electron chi connectivity index (χ2n) is 5.02. The van der Waals surface area contributed by atoms with Crippen LogP contribution in [0.5, 0.6) is 0 Å². The summed E-state index contributed by atoms with van der Waals surface area (Å²) in [6, 6.07) is 6.46. The van der Waals surface area contributed by atoms with Crippen LogP contribution in [-0.2, 0) is 0 Å². The zero-order valence-electron chi connectivity index (χ0n) is 9.66. The normalized spacial score (nSPS) is 20.7. The summed E-state index contributed by atoms with van der Waals surface area (Å²) in [6.07, 6.45) is 6.00. The van der Waals surface area contributed by atoms with Gasteiger partial charge in [0.2, 0.25) is 0 Å². The molecular formula is C13H20N2. The van der Waals surface area contributed by atoms with E-state index in [1.165, 1.54) is 19.3 Å². The summed E-state index contributed by atoms with van der Waals surface area (Å²) in [5.74, 6) is 0. The van der Waals surface area contributed by atoms with E-state index in [9.17, 15) is 0 Å². The third-order valence-electron chi connectivity index (χ3n) is 3.53. The molecule has 0 saturated heterocycles. The van der Waals surface area contributed by atoms with Gasteiger partial charge >= 0.3 is 0 Å². The van der Waals surface area contributed by atoms with Crippen molar-refractivity contribution in [1.82, 2.24) is 10.3 Å². The average Bonchev–Trinajstić information content (AvgIpc) is 2.24. The molecule has 0 aromatic carbocycles. The Balaban J connectivity index is 1.85. The first-order valence-corrected chi connectivity index (χ1v) is 5.84. The number of pyridine rings is 1. The van der Waals surface area contributed by atoms with E-state index in [1.807, 2.05) is 18.3 Å². The van der Waals surface area contributed by atoms with Crippen molar-refractivity contribution in [1.29, 1.82) is 0 Å². The second-order valence-corrected chi connectivity index (χ2v) is 5.02. The zero-order chi connectivity index (χ0) is 10.7. The highest BCUT2D eigenvalue weighted by Crippen LogP contribution is 2.39. The van der Waals surface area contributed by atoms with Gasteiger partial charge in [0.1, 0.15) is 0 Å². The molecule has 15 heavy (non-hydrogen) atoms. The van der Waals surface area contributed by atoms with E-state index in [1.54, 1.807) is 0 Å². The van der Waals surface area contributed by atoms with E-state index >= 15 is 0 Å². The zero-order valence-corrected chi connectivity index (χ0v) is 9.66. The summed E-state index contributed by atoms with van der Waals surface area (Å²) in [4.78, 5) is 4.36. The second kappa shape index (κ2) is 4.31. The highest BCUT2D eigenvalue weighted by molar-refractivity contribution is 5.07. The van der Waals surface area contributed by atoms with Crippen LogP contribution in [0.25, 0.3) is 0 Å². The Bertz CT molecular complexity index is 304. The largest absolute Gasteiger partial charge is 0.308 e. The van der Waals surface area contributed by atoms with Crippen molar-refractivity contribution in [2.24, 2.45) is 5.41 Å². The molecule has 1 fully saturated rings. The molecule has 82 valence electrons. The molecule has 2 nitrogen and oxygen atoms in total. The molecule has 1 heterocycles. The van der Waals surface area contributed by atoms with Crippen molar-refractivity contribution in [3.05, 3.63) is 30.1 Å². The van der Waals surface area contributed by atoms with Gasteiger partial charge in [-0.2, -0.15) is 0 Å². The first-order valence-electron chi connectivity index (χ1n) is 5.84. The van der Waals surface area contributed by atoms with Crippen LogP contribution in [0.2, 0.25) is 0 Å². The molecule has 0 bridgehead atoms. The molecule has 0 radical (unpaired) electrons. The lowest BCUT2D eigenvalue weighted by Crippen LogP contribution is -2.38. The van der Waals surface area contributed by atoms with Crippen LogP contribution in [0.3, 0.4) is 0 Å². The molecule has 1 saturated carbocycles. The molecule has 1 unspecified atom stereocenters. The van der Waals surface area contributed by atoms with Crippen molar-refractivity contribution >= 4 is 0 Å². The van der Waals surface area contributed by atoms with Gasteiger partial charge in [-0.15, -0.1) is 0 Å². The molecule has 1 N–H and O–H groups in total. The Morgan fingerprint density at radius 3 is 2.80 bits per heavy atom. The summed E-state index contributed by atoms with van der Waals surface area (Å²) in [6.45, 7) is 5.67. The Morgan fingerprint density at radius 1 is 1.47 bits per heavy atom. The molecule has 0 spiro atoms. The lowest BCUT2D eigenvalue weighted by Gasteiger charge is -2.39. The Labute approximate surface area is 92.1 Å². The first kappa shape index (κ1) is 10.6. The number of hydrogen-bond acceptors (Lipinski definition) is 2.